The molecule has 0 amide bonds. The number of nitrogens with two attached hydrogens (primary N) is 1. The summed E-state index contributed by atoms with van der Waals surface area (Å²) in [6.45, 7) is 0. The average molecular weight is 310 g/mol. The van der Waals surface area contributed by atoms with E-state index in [4.69, 9.17) is 5.73 Å². The molecule has 3 aromatic rings. The third-order valence-corrected chi connectivity index (χ3v) is 4.48. The van der Waals surface area contributed by atoms with E-state index in [1.807, 2.05) is 36.4 Å². The summed E-state index contributed by atoms with van der Waals surface area (Å²) >= 11 is 1.48. The normalized spacial score (nSPS) is 10.6. The van der Waals surface area contributed by atoms with Gasteiger partial charge >= 0.3 is 0 Å². The third kappa shape index (κ3) is 2.48. The van der Waals surface area contributed by atoms with Crippen LogP contribution in [0.4, 0.5) is 17.1 Å². The fourth-order valence-corrected chi connectivity index (χ4v) is 3.25. The average Bonchev–Trinajstić information content (AvgIpc) is 2.56. The summed E-state index contributed by atoms with van der Waals surface area (Å²) in [6.07, 6.45) is 1.76. The van der Waals surface area contributed by atoms with Crippen molar-refractivity contribution in [2.24, 2.45) is 5.18 Å². The standard InChI is InChI=1S/C16H14N4OS/c1-18-11-7-8-12(14(17)16(11)20-21)22-13-6-2-4-10-5-3-9-19-15(10)13/h2-9,18H,17H2,1H3. The van der Waals surface area contributed by atoms with Crippen LogP contribution < -0.4 is 11.1 Å². The van der Waals surface area contributed by atoms with Gasteiger partial charge in [-0.05, 0) is 29.4 Å². The van der Waals surface area contributed by atoms with E-state index in [2.05, 4.69) is 15.5 Å². The van der Waals surface area contributed by atoms with E-state index < -0.39 is 0 Å². The van der Waals surface area contributed by atoms with Crippen LogP contribution in [-0.4, -0.2) is 12.0 Å². The van der Waals surface area contributed by atoms with Gasteiger partial charge in [0.25, 0.3) is 0 Å². The van der Waals surface area contributed by atoms with Gasteiger partial charge in [0.2, 0.25) is 0 Å². The Kier molecular flexibility index (Phi) is 3.93. The molecule has 110 valence electrons. The second kappa shape index (κ2) is 6.03. The molecule has 0 aliphatic rings. The van der Waals surface area contributed by atoms with Crippen molar-refractivity contribution in [3.8, 4) is 0 Å². The molecule has 1 aromatic heterocycles. The van der Waals surface area contributed by atoms with Gasteiger partial charge in [0.1, 0.15) is 0 Å². The van der Waals surface area contributed by atoms with E-state index in [9.17, 15) is 4.91 Å². The maximum atomic E-state index is 11.0. The van der Waals surface area contributed by atoms with Crippen LogP contribution in [0, 0.1) is 4.91 Å². The van der Waals surface area contributed by atoms with Crippen LogP contribution in [0.3, 0.4) is 0 Å². The molecule has 6 heteroatoms. The lowest BCUT2D eigenvalue weighted by molar-refractivity contribution is 1.33. The smallest absolute Gasteiger partial charge is 0.155 e. The second-order valence-corrected chi connectivity index (χ2v) is 5.73. The zero-order valence-corrected chi connectivity index (χ0v) is 12.7. The predicted molar refractivity (Wildman–Crippen MR) is 91.7 cm³/mol. The molecule has 0 atom stereocenters. The Labute approximate surface area is 131 Å². The molecule has 0 aliphatic carbocycles. The molecule has 0 unspecified atom stereocenters. The monoisotopic (exact) mass is 310 g/mol. The molecular formula is C16H14N4OS. The summed E-state index contributed by atoms with van der Waals surface area (Å²) in [7, 11) is 1.73. The molecule has 0 saturated carbocycles. The van der Waals surface area contributed by atoms with Crippen molar-refractivity contribution in [3.63, 3.8) is 0 Å². The quantitative estimate of drug-likeness (QED) is 0.551. The van der Waals surface area contributed by atoms with Gasteiger partial charge in [-0.15, -0.1) is 4.91 Å². The molecule has 0 radical (unpaired) electrons. The summed E-state index contributed by atoms with van der Waals surface area (Å²) in [6, 6.07) is 13.6. The number of anilines is 2. The molecule has 0 bridgehead atoms. The molecule has 0 saturated heterocycles. The SMILES string of the molecule is CNc1ccc(Sc2cccc3cccnc23)c(N)c1N=O. The van der Waals surface area contributed by atoms with Crippen molar-refractivity contribution >= 4 is 39.7 Å². The number of para-hydroxylation sites is 1. The van der Waals surface area contributed by atoms with Gasteiger partial charge in [0, 0.05) is 28.4 Å². The van der Waals surface area contributed by atoms with Gasteiger partial charge in [0.15, 0.2) is 5.69 Å². The van der Waals surface area contributed by atoms with E-state index >= 15 is 0 Å². The Balaban J connectivity index is 2.08. The van der Waals surface area contributed by atoms with Gasteiger partial charge in [0.05, 0.1) is 16.9 Å². The number of hydrogen-bond acceptors (Lipinski definition) is 6. The highest BCUT2D eigenvalue weighted by molar-refractivity contribution is 7.99. The van der Waals surface area contributed by atoms with Crippen molar-refractivity contribution < 1.29 is 0 Å². The molecule has 3 rings (SSSR count). The number of nitrogens with zero attached hydrogens (tertiary/aromatic N) is 2. The molecule has 0 fully saturated rings. The molecule has 3 N–H and O–H groups in total. The van der Waals surface area contributed by atoms with Crippen LogP contribution in [0.1, 0.15) is 0 Å². The van der Waals surface area contributed by atoms with E-state index in [0.29, 0.717) is 11.4 Å². The first-order valence-corrected chi connectivity index (χ1v) is 7.51. The lowest BCUT2D eigenvalue weighted by Crippen LogP contribution is -1.95. The fraction of sp³-hybridized carbons (Fsp3) is 0.0625. The first-order valence-electron chi connectivity index (χ1n) is 6.69. The molecule has 1 heterocycles. The lowest BCUT2D eigenvalue weighted by atomic mass is 10.2. The van der Waals surface area contributed by atoms with Gasteiger partial charge < -0.3 is 11.1 Å². The van der Waals surface area contributed by atoms with E-state index in [1.54, 1.807) is 19.3 Å². The number of aromatic nitrogens is 1. The first kappa shape index (κ1) is 14.3. The maximum Gasteiger partial charge on any atom is 0.155 e. The summed E-state index contributed by atoms with van der Waals surface area (Å²) in [5, 5.41) is 7.01. The largest absolute Gasteiger partial charge is 0.396 e. The number of pyridine rings is 1. The summed E-state index contributed by atoms with van der Waals surface area (Å²) in [5.74, 6) is 0. The van der Waals surface area contributed by atoms with Crippen molar-refractivity contribution in [2.75, 3.05) is 18.1 Å². The Morgan fingerprint density at radius 3 is 2.73 bits per heavy atom. The topological polar surface area (TPSA) is 80.4 Å². The summed E-state index contributed by atoms with van der Waals surface area (Å²) in [5.41, 5.74) is 8.23. The molecule has 0 aliphatic heterocycles. The fourth-order valence-electron chi connectivity index (χ4n) is 2.26. The van der Waals surface area contributed by atoms with E-state index in [1.165, 1.54) is 11.8 Å². The van der Waals surface area contributed by atoms with Gasteiger partial charge in [-0.3, -0.25) is 4.98 Å². The van der Waals surface area contributed by atoms with Gasteiger partial charge in [-0.1, -0.05) is 30.0 Å². The minimum Gasteiger partial charge on any atom is -0.396 e. The number of fused-ring (bicyclic) bond motifs is 1. The number of hydrogen-bond donors (Lipinski definition) is 2. The van der Waals surface area contributed by atoms with Crippen LogP contribution in [0.2, 0.25) is 0 Å². The minimum atomic E-state index is 0.237. The van der Waals surface area contributed by atoms with Crippen molar-refractivity contribution in [1.82, 2.24) is 4.98 Å². The number of nitrogens with one attached hydrogen (secondary N) is 1. The van der Waals surface area contributed by atoms with Crippen molar-refractivity contribution in [2.45, 2.75) is 9.79 Å². The number of rotatable bonds is 4. The van der Waals surface area contributed by atoms with Crippen LogP contribution >= 0.6 is 11.8 Å². The highest BCUT2D eigenvalue weighted by Crippen LogP contribution is 2.42. The number of benzene rings is 2. The zero-order valence-electron chi connectivity index (χ0n) is 11.9. The Bertz CT molecular complexity index is 845. The number of nitroso groups, excluding NO2 is 1. The second-order valence-electron chi connectivity index (χ2n) is 4.65. The van der Waals surface area contributed by atoms with Crippen molar-refractivity contribution in [1.29, 1.82) is 0 Å². The van der Waals surface area contributed by atoms with Gasteiger partial charge in [-0.25, -0.2) is 0 Å². The predicted octanol–water partition coefficient (Wildman–Crippen LogP) is 4.41. The highest BCUT2D eigenvalue weighted by atomic mass is 32.2. The van der Waals surface area contributed by atoms with E-state index in [-0.39, 0.29) is 5.69 Å². The molecule has 5 nitrogen and oxygen atoms in total. The highest BCUT2D eigenvalue weighted by Gasteiger charge is 2.13. The summed E-state index contributed by atoms with van der Waals surface area (Å²) < 4.78 is 0. The van der Waals surface area contributed by atoms with Crippen molar-refractivity contribution in [3.05, 3.63) is 53.6 Å². The summed E-state index contributed by atoms with van der Waals surface area (Å²) in [4.78, 5) is 17.2. The number of nitrogen functional groups attached to an aromatic ring is 1. The van der Waals surface area contributed by atoms with Crippen LogP contribution in [0.25, 0.3) is 10.9 Å². The Morgan fingerprint density at radius 1 is 1.14 bits per heavy atom. The zero-order chi connectivity index (χ0) is 15.5. The lowest BCUT2D eigenvalue weighted by Gasteiger charge is -2.11. The van der Waals surface area contributed by atoms with Gasteiger partial charge in [-0.2, -0.15) is 0 Å². The Hall–Kier alpha value is -2.60. The minimum absolute atomic E-state index is 0.237. The molecule has 22 heavy (non-hydrogen) atoms. The van der Waals surface area contributed by atoms with Crippen LogP contribution in [-0.2, 0) is 0 Å². The Morgan fingerprint density at radius 2 is 1.95 bits per heavy atom. The van der Waals surface area contributed by atoms with E-state index in [0.717, 1.165) is 20.7 Å². The third-order valence-electron chi connectivity index (χ3n) is 3.35. The first-order chi connectivity index (χ1) is 10.7. The molecule has 2 aromatic carbocycles. The van der Waals surface area contributed by atoms with Crippen LogP contribution in [0.5, 0.6) is 0 Å². The maximum absolute atomic E-state index is 11.0. The molecular weight excluding hydrogens is 296 g/mol. The molecule has 0 spiro atoms. The van der Waals surface area contributed by atoms with Crippen LogP contribution in [0.15, 0.2) is 63.6 Å².